The maximum Gasteiger partial charge on any atom is 0.332 e. The van der Waals surface area contributed by atoms with Crippen molar-refractivity contribution in [2.45, 2.75) is 32.7 Å². The summed E-state index contributed by atoms with van der Waals surface area (Å²) in [6, 6.07) is 16.8. The molecule has 2 N–H and O–H groups in total. The number of fused-ring (bicyclic) bond motifs is 1. The first-order valence-corrected chi connectivity index (χ1v) is 12.0. The second kappa shape index (κ2) is 9.61. The Morgan fingerprint density at radius 2 is 1.74 bits per heavy atom. The van der Waals surface area contributed by atoms with E-state index in [1.807, 2.05) is 48.5 Å². The molecular formula is C26H26N3O5S-. The van der Waals surface area contributed by atoms with E-state index in [0.29, 0.717) is 11.4 Å². The summed E-state index contributed by atoms with van der Waals surface area (Å²) < 4.78 is 31.3. The second-order valence-electron chi connectivity index (χ2n) is 9.26. The predicted molar refractivity (Wildman–Crippen MR) is 137 cm³/mol. The first-order valence-electron chi connectivity index (χ1n) is 11.0. The molecule has 0 amide bonds. The fourth-order valence-electron chi connectivity index (χ4n) is 4.08. The Morgan fingerprint density at radius 3 is 2.40 bits per heavy atom. The van der Waals surface area contributed by atoms with Gasteiger partial charge in [-0.05, 0) is 51.6 Å². The van der Waals surface area contributed by atoms with Crippen LogP contribution in [0.4, 0.5) is 0 Å². The van der Waals surface area contributed by atoms with Crippen LogP contribution >= 0.6 is 0 Å². The minimum absolute atomic E-state index is 0.215. The van der Waals surface area contributed by atoms with Crippen molar-refractivity contribution in [3.63, 3.8) is 0 Å². The number of ether oxygens (including phenoxy) is 1. The summed E-state index contributed by atoms with van der Waals surface area (Å²) in [5, 5.41) is 1.94. The minimum Gasteiger partial charge on any atom is -0.760 e. The van der Waals surface area contributed by atoms with Gasteiger partial charge in [-0.3, -0.25) is 18.6 Å². The molecule has 1 atom stereocenters. The molecule has 0 spiro atoms. The van der Waals surface area contributed by atoms with Crippen molar-refractivity contribution < 1.29 is 13.5 Å². The molecule has 0 aliphatic carbocycles. The Morgan fingerprint density at radius 1 is 1.03 bits per heavy atom. The standard InChI is InChI=1S/C26H27N3O5S/c1-26(2,3)22-14-20(29-10-9-23(30)28-25(29)31)13-21(24(22)34-4)19-8-7-17-11-16(15-27-35(32)33)5-6-18(17)12-19/h5-14,27H,15H2,1-4H3,(H,32,33)(H,28,30,31)/p-1. The minimum atomic E-state index is -2.32. The molecule has 4 aromatic rings. The van der Waals surface area contributed by atoms with Crippen LogP contribution in [-0.4, -0.2) is 25.4 Å². The van der Waals surface area contributed by atoms with Crippen molar-refractivity contribution >= 4 is 22.0 Å². The van der Waals surface area contributed by atoms with E-state index in [1.54, 1.807) is 7.11 Å². The highest BCUT2D eigenvalue weighted by atomic mass is 32.2. The number of H-pyrrole nitrogens is 1. The third kappa shape index (κ3) is 5.27. The van der Waals surface area contributed by atoms with Crippen LogP contribution in [-0.2, 0) is 23.2 Å². The maximum atomic E-state index is 12.5. The Kier molecular flexibility index (Phi) is 6.75. The average molecular weight is 493 g/mol. The average Bonchev–Trinajstić information content (AvgIpc) is 2.81. The number of benzene rings is 3. The van der Waals surface area contributed by atoms with Crippen molar-refractivity contribution in [1.29, 1.82) is 0 Å². The Hall–Kier alpha value is -3.53. The number of nitrogens with zero attached hydrogens (tertiary/aromatic N) is 1. The van der Waals surface area contributed by atoms with Gasteiger partial charge in [-0.1, -0.05) is 45.0 Å². The Bertz CT molecular complexity index is 1550. The van der Waals surface area contributed by atoms with Crippen LogP contribution in [0.1, 0.15) is 31.9 Å². The van der Waals surface area contributed by atoms with Crippen molar-refractivity contribution in [2.75, 3.05) is 7.11 Å². The lowest BCUT2D eigenvalue weighted by Gasteiger charge is -2.25. The lowest BCUT2D eigenvalue weighted by Crippen LogP contribution is -2.27. The molecule has 3 aromatic carbocycles. The lowest BCUT2D eigenvalue weighted by molar-refractivity contribution is 0.399. The van der Waals surface area contributed by atoms with E-state index in [4.69, 9.17) is 4.74 Å². The summed E-state index contributed by atoms with van der Waals surface area (Å²) in [6.07, 6.45) is 1.46. The van der Waals surface area contributed by atoms with E-state index in [2.05, 4.69) is 30.5 Å². The fraction of sp³-hybridized carbons (Fsp3) is 0.231. The molecular weight excluding hydrogens is 466 g/mol. The maximum absolute atomic E-state index is 12.5. The number of methoxy groups -OCH3 is 1. The van der Waals surface area contributed by atoms with Gasteiger partial charge in [0.25, 0.3) is 5.56 Å². The largest absolute Gasteiger partial charge is 0.760 e. The van der Waals surface area contributed by atoms with E-state index >= 15 is 0 Å². The topological polar surface area (TPSA) is 116 Å². The van der Waals surface area contributed by atoms with Gasteiger partial charge < -0.3 is 9.29 Å². The zero-order valence-corrected chi connectivity index (χ0v) is 20.7. The first kappa shape index (κ1) is 24.6. The van der Waals surface area contributed by atoms with Crippen LogP contribution in [0.25, 0.3) is 27.6 Å². The molecule has 35 heavy (non-hydrogen) atoms. The fourth-order valence-corrected chi connectivity index (χ4v) is 4.36. The number of hydrogen-bond donors (Lipinski definition) is 2. The van der Waals surface area contributed by atoms with E-state index in [1.165, 1.54) is 16.8 Å². The molecule has 0 bridgehead atoms. The molecule has 0 fully saturated rings. The van der Waals surface area contributed by atoms with Crippen LogP contribution in [0.15, 0.2) is 70.4 Å². The lowest BCUT2D eigenvalue weighted by atomic mass is 9.83. The van der Waals surface area contributed by atoms with E-state index in [-0.39, 0.29) is 12.0 Å². The SMILES string of the molecule is COc1c(-c2ccc3cc(CNS(=O)[O-])ccc3c2)cc(-n2ccc(=O)[nH]c2=O)cc1C(C)(C)C. The van der Waals surface area contributed by atoms with Gasteiger partial charge >= 0.3 is 5.69 Å². The molecule has 0 saturated carbocycles. The summed E-state index contributed by atoms with van der Waals surface area (Å²) in [5.74, 6) is 0.705. The van der Waals surface area contributed by atoms with Gasteiger partial charge in [-0.15, -0.1) is 0 Å². The molecule has 9 heteroatoms. The van der Waals surface area contributed by atoms with Crippen LogP contribution in [0, 0.1) is 0 Å². The Labute approximate surface area is 205 Å². The zero-order chi connectivity index (χ0) is 25.3. The molecule has 182 valence electrons. The van der Waals surface area contributed by atoms with Crippen LogP contribution < -0.4 is 20.7 Å². The smallest absolute Gasteiger partial charge is 0.332 e. The Balaban J connectivity index is 1.90. The molecule has 4 rings (SSSR count). The highest BCUT2D eigenvalue weighted by Crippen LogP contribution is 2.41. The quantitative estimate of drug-likeness (QED) is 0.400. The monoisotopic (exact) mass is 492 g/mol. The second-order valence-corrected chi connectivity index (χ2v) is 10.0. The highest BCUT2D eigenvalue weighted by Gasteiger charge is 2.24. The first-order chi connectivity index (χ1) is 16.6. The summed E-state index contributed by atoms with van der Waals surface area (Å²) >= 11 is -2.32. The number of aromatic nitrogens is 2. The van der Waals surface area contributed by atoms with Crippen molar-refractivity contribution in [2.24, 2.45) is 0 Å². The molecule has 8 nitrogen and oxygen atoms in total. The van der Waals surface area contributed by atoms with Gasteiger partial charge in [-0.2, -0.15) is 0 Å². The van der Waals surface area contributed by atoms with Gasteiger partial charge in [0, 0.05) is 41.2 Å². The van der Waals surface area contributed by atoms with Gasteiger partial charge in [0.15, 0.2) is 0 Å². The number of hydrogen-bond acceptors (Lipinski definition) is 5. The zero-order valence-electron chi connectivity index (χ0n) is 19.9. The van der Waals surface area contributed by atoms with Gasteiger partial charge in [0.05, 0.1) is 12.8 Å². The normalized spacial score (nSPS) is 12.6. The van der Waals surface area contributed by atoms with Gasteiger partial charge in [-0.25, -0.2) is 9.52 Å². The number of rotatable bonds is 6. The van der Waals surface area contributed by atoms with Crippen molar-refractivity contribution in [3.8, 4) is 22.6 Å². The molecule has 0 aliphatic rings. The molecule has 0 radical (unpaired) electrons. The number of aromatic amines is 1. The molecule has 1 heterocycles. The van der Waals surface area contributed by atoms with Crippen LogP contribution in [0.3, 0.4) is 0 Å². The van der Waals surface area contributed by atoms with Crippen molar-refractivity contribution in [1.82, 2.24) is 14.3 Å². The number of nitrogens with one attached hydrogen (secondary N) is 2. The third-order valence-electron chi connectivity index (χ3n) is 5.80. The summed E-state index contributed by atoms with van der Waals surface area (Å²) in [6.45, 7) is 6.42. The van der Waals surface area contributed by atoms with E-state index < -0.39 is 22.5 Å². The van der Waals surface area contributed by atoms with Crippen molar-refractivity contribution in [3.05, 3.63) is 92.8 Å². The summed E-state index contributed by atoms with van der Waals surface area (Å²) in [5.41, 5.74) is 2.81. The molecule has 1 unspecified atom stereocenters. The summed E-state index contributed by atoms with van der Waals surface area (Å²) in [4.78, 5) is 26.4. The summed E-state index contributed by atoms with van der Waals surface area (Å²) in [7, 11) is 1.63. The van der Waals surface area contributed by atoms with E-state index in [0.717, 1.165) is 33.0 Å². The molecule has 1 aromatic heterocycles. The third-order valence-corrected chi connectivity index (χ3v) is 6.18. The van der Waals surface area contributed by atoms with Crippen LogP contribution in [0.5, 0.6) is 5.75 Å². The van der Waals surface area contributed by atoms with Gasteiger partial charge in [0.1, 0.15) is 5.75 Å². The highest BCUT2D eigenvalue weighted by molar-refractivity contribution is 7.77. The predicted octanol–water partition coefficient (Wildman–Crippen LogP) is 3.54. The van der Waals surface area contributed by atoms with Crippen LogP contribution in [0.2, 0.25) is 0 Å². The molecule has 0 saturated heterocycles. The van der Waals surface area contributed by atoms with E-state index in [9.17, 15) is 18.4 Å². The van der Waals surface area contributed by atoms with Gasteiger partial charge in [0.2, 0.25) is 0 Å². The molecule has 0 aliphatic heterocycles.